The molecule has 0 aliphatic rings. The van der Waals surface area contributed by atoms with Gasteiger partial charge in [0.2, 0.25) is 0 Å². The van der Waals surface area contributed by atoms with E-state index in [0.717, 1.165) is 16.8 Å². The standard InChI is InChI=1S/C18H16ClN5O/c1-11-17(13-4-3-5-14(19)8-13)22-24-16(25)9-15(21-18(11)24)12(2)23-7-6-20-10-23/h3-10,12,22H,1-2H3/t12-/m0/s1. The van der Waals surface area contributed by atoms with E-state index in [4.69, 9.17) is 16.6 Å². The first-order valence-corrected chi connectivity index (χ1v) is 8.28. The topological polar surface area (TPSA) is 68.0 Å². The summed E-state index contributed by atoms with van der Waals surface area (Å²) in [4.78, 5) is 21.3. The molecule has 4 rings (SSSR count). The Morgan fingerprint density at radius 2 is 2.12 bits per heavy atom. The van der Waals surface area contributed by atoms with Crippen molar-refractivity contribution in [3.05, 3.63) is 75.7 Å². The molecule has 25 heavy (non-hydrogen) atoms. The van der Waals surface area contributed by atoms with Gasteiger partial charge in [-0.05, 0) is 26.0 Å². The number of aromatic nitrogens is 5. The average Bonchev–Trinajstić information content (AvgIpc) is 3.23. The number of rotatable bonds is 3. The van der Waals surface area contributed by atoms with Crippen molar-refractivity contribution >= 4 is 17.2 Å². The Labute approximate surface area is 148 Å². The molecule has 0 spiro atoms. The number of H-pyrrole nitrogens is 1. The molecule has 1 aromatic carbocycles. The van der Waals surface area contributed by atoms with Gasteiger partial charge >= 0.3 is 0 Å². The molecule has 3 aromatic heterocycles. The largest absolute Gasteiger partial charge is 0.329 e. The number of hydrogen-bond acceptors (Lipinski definition) is 3. The van der Waals surface area contributed by atoms with Crippen molar-refractivity contribution in [2.45, 2.75) is 19.9 Å². The molecule has 1 N–H and O–H groups in total. The Kier molecular flexibility index (Phi) is 3.69. The van der Waals surface area contributed by atoms with E-state index >= 15 is 0 Å². The van der Waals surface area contributed by atoms with E-state index in [9.17, 15) is 4.79 Å². The molecule has 0 aliphatic heterocycles. The fourth-order valence-electron chi connectivity index (χ4n) is 2.96. The summed E-state index contributed by atoms with van der Waals surface area (Å²) in [7, 11) is 0. The van der Waals surface area contributed by atoms with Gasteiger partial charge in [-0.15, -0.1) is 0 Å². The van der Waals surface area contributed by atoms with Gasteiger partial charge in [-0.3, -0.25) is 9.89 Å². The number of hydrogen-bond donors (Lipinski definition) is 1. The molecule has 4 aromatic rings. The van der Waals surface area contributed by atoms with E-state index in [1.54, 1.807) is 18.6 Å². The van der Waals surface area contributed by atoms with Gasteiger partial charge in [-0.25, -0.2) is 14.5 Å². The molecule has 0 bridgehead atoms. The SMILES string of the molecule is Cc1c(-c2cccc(Cl)c2)[nH]n2c(=O)cc([C@H](C)n3ccnc3)nc12. The fourth-order valence-corrected chi connectivity index (χ4v) is 3.15. The molecule has 7 heteroatoms. The molecule has 6 nitrogen and oxygen atoms in total. The zero-order chi connectivity index (χ0) is 17.6. The lowest BCUT2D eigenvalue weighted by Crippen LogP contribution is -2.18. The van der Waals surface area contributed by atoms with E-state index in [2.05, 4.69) is 10.1 Å². The highest BCUT2D eigenvalue weighted by molar-refractivity contribution is 6.30. The normalized spacial score (nSPS) is 12.6. The van der Waals surface area contributed by atoms with Gasteiger partial charge in [-0.2, -0.15) is 0 Å². The number of halogens is 1. The van der Waals surface area contributed by atoms with E-state index in [0.29, 0.717) is 16.4 Å². The van der Waals surface area contributed by atoms with Crippen LogP contribution in [0.2, 0.25) is 5.02 Å². The fraction of sp³-hybridized carbons (Fsp3) is 0.167. The predicted molar refractivity (Wildman–Crippen MR) is 97.0 cm³/mol. The summed E-state index contributed by atoms with van der Waals surface area (Å²) < 4.78 is 3.38. The summed E-state index contributed by atoms with van der Waals surface area (Å²) in [5.74, 6) is 0. The summed E-state index contributed by atoms with van der Waals surface area (Å²) in [6.45, 7) is 3.93. The van der Waals surface area contributed by atoms with Crippen LogP contribution in [-0.4, -0.2) is 24.1 Å². The smallest absolute Gasteiger partial charge is 0.272 e. The highest BCUT2D eigenvalue weighted by Crippen LogP contribution is 2.26. The molecule has 0 amide bonds. The zero-order valence-electron chi connectivity index (χ0n) is 13.8. The van der Waals surface area contributed by atoms with Gasteiger partial charge in [0.25, 0.3) is 5.56 Å². The van der Waals surface area contributed by atoms with Crippen molar-refractivity contribution in [2.24, 2.45) is 0 Å². The van der Waals surface area contributed by atoms with Crippen molar-refractivity contribution in [1.82, 2.24) is 24.1 Å². The van der Waals surface area contributed by atoms with E-state index in [-0.39, 0.29) is 11.6 Å². The van der Waals surface area contributed by atoms with Crippen LogP contribution in [0.1, 0.15) is 24.2 Å². The maximum atomic E-state index is 12.6. The van der Waals surface area contributed by atoms with E-state index < -0.39 is 0 Å². The first-order valence-electron chi connectivity index (χ1n) is 7.90. The third kappa shape index (κ3) is 2.64. The van der Waals surface area contributed by atoms with E-state index in [1.165, 1.54) is 4.52 Å². The number of nitrogens with zero attached hydrogens (tertiary/aromatic N) is 4. The number of nitrogens with one attached hydrogen (secondary N) is 1. The maximum absolute atomic E-state index is 12.6. The first-order chi connectivity index (χ1) is 12.0. The Morgan fingerprint density at radius 1 is 1.28 bits per heavy atom. The van der Waals surface area contributed by atoms with Crippen LogP contribution >= 0.6 is 11.6 Å². The van der Waals surface area contributed by atoms with Crippen molar-refractivity contribution in [1.29, 1.82) is 0 Å². The molecule has 1 atom stereocenters. The van der Waals surface area contributed by atoms with Gasteiger partial charge < -0.3 is 4.57 Å². The van der Waals surface area contributed by atoms with Gasteiger partial charge in [-0.1, -0.05) is 23.7 Å². The molecule has 3 heterocycles. The second-order valence-electron chi connectivity index (χ2n) is 5.99. The first kappa shape index (κ1) is 15.7. The van der Waals surface area contributed by atoms with Gasteiger partial charge in [0.15, 0.2) is 5.65 Å². The Bertz CT molecular complexity index is 1110. The lowest BCUT2D eigenvalue weighted by Gasteiger charge is -2.12. The minimum atomic E-state index is -0.150. The Balaban J connectivity index is 1.89. The second-order valence-corrected chi connectivity index (χ2v) is 6.42. The van der Waals surface area contributed by atoms with Crippen molar-refractivity contribution in [3.8, 4) is 11.3 Å². The van der Waals surface area contributed by atoms with Crippen LogP contribution in [0.25, 0.3) is 16.9 Å². The van der Waals surface area contributed by atoms with Crippen LogP contribution < -0.4 is 5.56 Å². The lowest BCUT2D eigenvalue weighted by molar-refractivity contribution is 0.617. The average molecular weight is 354 g/mol. The van der Waals surface area contributed by atoms with Crippen LogP contribution in [0.3, 0.4) is 0 Å². The number of fused-ring (bicyclic) bond motifs is 1. The quantitative estimate of drug-likeness (QED) is 0.613. The summed E-state index contributed by atoms with van der Waals surface area (Å²) in [5.41, 5.74) is 3.81. The van der Waals surface area contributed by atoms with Crippen LogP contribution in [-0.2, 0) is 0 Å². The predicted octanol–water partition coefficient (Wildman–Crippen LogP) is 3.46. The number of benzene rings is 1. The molecule has 0 aliphatic carbocycles. The van der Waals surface area contributed by atoms with Crippen molar-refractivity contribution in [2.75, 3.05) is 0 Å². The van der Waals surface area contributed by atoms with Crippen LogP contribution in [0.4, 0.5) is 0 Å². The monoisotopic (exact) mass is 353 g/mol. The molecule has 126 valence electrons. The van der Waals surface area contributed by atoms with Gasteiger partial charge in [0.05, 0.1) is 23.8 Å². The molecule has 0 radical (unpaired) electrons. The summed E-state index contributed by atoms with van der Waals surface area (Å²) in [6.07, 6.45) is 5.28. The van der Waals surface area contributed by atoms with Crippen molar-refractivity contribution < 1.29 is 0 Å². The molecule has 0 unspecified atom stereocenters. The molecular formula is C18H16ClN5O. The molecule has 0 fully saturated rings. The third-order valence-electron chi connectivity index (χ3n) is 4.39. The summed E-state index contributed by atoms with van der Waals surface area (Å²) in [6, 6.07) is 8.98. The summed E-state index contributed by atoms with van der Waals surface area (Å²) in [5, 5.41) is 3.78. The van der Waals surface area contributed by atoms with Crippen LogP contribution in [0.15, 0.2) is 53.8 Å². The molecule has 0 saturated heterocycles. The summed E-state index contributed by atoms with van der Waals surface area (Å²) >= 11 is 6.09. The number of imidazole rings is 1. The van der Waals surface area contributed by atoms with Crippen LogP contribution in [0.5, 0.6) is 0 Å². The van der Waals surface area contributed by atoms with E-state index in [1.807, 2.05) is 48.9 Å². The maximum Gasteiger partial charge on any atom is 0.272 e. The minimum absolute atomic E-state index is 0.0795. The Morgan fingerprint density at radius 3 is 2.84 bits per heavy atom. The van der Waals surface area contributed by atoms with Gasteiger partial charge in [0.1, 0.15) is 0 Å². The van der Waals surface area contributed by atoms with Gasteiger partial charge in [0, 0.05) is 34.6 Å². The van der Waals surface area contributed by atoms with Crippen LogP contribution in [0, 0.1) is 6.92 Å². The lowest BCUT2D eigenvalue weighted by atomic mass is 10.1. The van der Waals surface area contributed by atoms with Crippen molar-refractivity contribution in [3.63, 3.8) is 0 Å². The zero-order valence-corrected chi connectivity index (χ0v) is 14.5. The third-order valence-corrected chi connectivity index (χ3v) is 4.62. The Hall–Kier alpha value is -2.86. The number of aromatic amines is 1. The second kappa shape index (κ2) is 5.89. The number of aryl methyl sites for hydroxylation is 1. The highest BCUT2D eigenvalue weighted by Gasteiger charge is 2.16. The molecular weight excluding hydrogens is 338 g/mol. The minimum Gasteiger partial charge on any atom is -0.329 e. The molecule has 0 saturated carbocycles. The highest BCUT2D eigenvalue weighted by atomic mass is 35.5.